The minimum Gasteiger partial charge on any atom is -0.337 e. The molecule has 0 aliphatic heterocycles. The molecule has 3 heteroatoms. The lowest BCUT2D eigenvalue weighted by Crippen LogP contribution is -2.26. The second kappa shape index (κ2) is 5.65. The van der Waals surface area contributed by atoms with Gasteiger partial charge in [-0.2, -0.15) is 0 Å². The van der Waals surface area contributed by atoms with Gasteiger partial charge in [-0.3, -0.25) is 4.79 Å². The van der Waals surface area contributed by atoms with Gasteiger partial charge >= 0.3 is 0 Å². The van der Waals surface area contributed by atoms with Crippen molar-refractivity contribution in [2.24, 2.45) is 0 Å². The Balaban J connectivity index is 2.09. The molecule has 2 rings (SSSR count). The first kappa shape index (κ1) is 13.3. The summed E-state index contributed by atoms with van der Waals surface area (Å²) in [5.41, 5.74) is 2.54. The van der Waals surface area contributed by atoms with E-state index in [0.717, 1.165) is 11.1 Å². The Morgan fingerprint density at radius 1 is 1.16 bits per heavy atom. The zero-order valence-corrected chi connectivity index (χ0v) is 11.1. The van der Waals surface area contributed by atoms with Crippen LogP contribution in [0.1, 0.15) is 21.5 Å². The maximum Gasteiger partial charge on any atom is 0.253 e. The number of rotatable bonds is 3. The molecule has 2 aromatic rings. The third-order valence-corrected chi connectivity index (χ3v) is 2.95. The number of hydrogen-bond acceptors (Lipinski definition) is 1. The monoisotopic (exact) mass is 257 g/mol. The van der Waals surface area contributed by atoms with Crippen LogP contribution in [0.25, 0.3) is 0 Å². The molecule has 0 bridgehead atoms. The molecule has 0 unspecified atom stereocenters. The van der Waals surface area contributed by atoms with E-state index in [1.165, 1.54) is 12.1 Å². The lowest BCUT2D eigenvalue weighted by Gasteiger charge is -2.17. The molecule has 0 saturated carbocycles. The fourth-order valence-electron chi connectivity index (χ4n) is 1.90. The summed E-state index contributed by atoms with van der Waals surface area (Å²) in [7, 11) is 1.72. The molecule has 0 aliphatic rings. The third-order valence-electron chi connectivity index (χ3n) is 2.95. The zero-order chi connectivity index (χ0) is 13.8. The molecule has 19 heavy (non-hydrogen) atoms. The molecule has 0 N–H and O–H groups in total. The summed E-state index contributed by atoms with van der Waals surface area (Å²) >= 11 is 0. The topological polar surface area (TPSA) is 20.3 Å². The largest absolute Gasteiger partial charge is 0.337 e. The smallest absolute Gasteiger partial charge is 0.253 e. The normalized spacial score (nSPS) is 10.3. The van der Waals surface area contributed by atoms with Gasteiger partial charge in [0.25, 0.3) is 5.91 Å². The van der Waals surface area contributed by atoms with Crippen LogP contribution in [0.4, 0.5) is 4.39 Å². The van der Waals surface area contributed by atoms with Crippen molar-refractivity contribution in [1.82, 2.24) is 4.90 Å². The molecular weight excluding hydrogens is 241 g/mol. The Morgan fingerprint density at radius 3 is 2.47 bits per heavy atom. The van der Waals surface area contributed by atoms with Crippen molar-refractivity contribution in [3.63, 3.8) is 0 Å². The first-order chi connectivity index (χ1) is 9.06. The lowest BCUT2D eigenvalue weighted by molar-refractivity contribution is 0.0785. The SMILES string of the molecule is Cc1ccc(C(=O)N(C)Cc2cccc(F)c2)cc1. The van der Waals surface area contributed by atoms with Crippen LogP contribution in [0.2, 0.25) is 0 Å². The number of nitrogens with zero attached hydrogens (tertiary/aromatic N) is 1. The van der Waals surface area contributed by atoms with E-state index in [9.17, 15) is 9.18 Å². The molecule has 0 aliphatic carbocycles. The fraction of sp³-hybridized carbons (Fsp3) is 0.188. The number of aryl methyl sites for hydroxylation is 1. The average Bonchev–Trinajstić information content (AvgIpc) is 2.39. The van der Waals surface area contributed by atoms with Gasteiger partial charge in [-0.05, 0) is 36.8 Å². The van der Waals surface area contributed by atoms with Crippen molar-refractivity contribution in [2.75, 3.05) is 7.05 Å². The summed E-state index contributed by atoms with van der Waals surface area (Å²) in [6, 6.07) is 13.7. The molecule has 0 heterocycles. The predicted molar refractivity (Wildman–Crippen MR) is 73.4 cm³/mol. The zero-order valence-electron chi connectivity index (χ0n) is 11.1. The molecule has 0 spiro atoms. The Bertz CT molecular complexity index is 578. The number of hydrogen-bond donors (Lipinski definition) is 0. The summed E-state index contributed by atoms with van der Waals surface area (Å²) < 4.78 is 13.1. The Hall–Kier alpha value is -2.16. The maximum atomic E-state index is 13.1. The van der Waals surface area contributed by atoms with Crippen molar-refractivity contribution in [2.45, 2.75) is 13.5 Å². The van der Waals surface area contributed by atoms with Gasteiger partial charge in [-0.15, -0.1) is 0 Å². The average molecular weight is 257 g/mol. The van der Waals surface area contributed by atoms with E-state index < -0.39 is 0 Å². The van der Waals surface area contributed by atoms with E-state index in [2.05, 4.69) is 0 Å². The van der Waals surface area contributed by atoms with Crippen LogP contribution in [0, 0.1) is 12.7 Å². The molecule has 0 aromatic heterocycles. The van der Waals surface area contributed by atoms with Gasteiger partial charge in [0.1, 0.15) is 5.82 Å². The molecule has 2 nitrogen and oxygen atoms in total. The van der Waals surface area contributed by atoms with E-state index in [1.54, 1.807) is 30.1 Å². The highest BCUT2D eigenvalue weighted by Gasteiger charge is 2.11. The molecule has 1 amide bonds. The van der Waals surface area contributed by atoms with Gasteiger partial charge in [-0.25, -0.2) is 4.39 Å². The molecule has 2 aromatic carbocycles. The van der Waals surface area contributed by atoms with Gasteiger partial charge in [-0.1, -0.05) is 29.8 Å². The van der Waals surface area contributed by atoms with Crippen LogP contribution in [0.5, 0.6) is 0 Å². The van der Waals surface area contributed by atoms with Crippen molar-refractivity contribution < 1.29 is 9.18 Å². The molecule has 0 atom stereocenters. The maximum absolute atomic E-state index is 13.1. The second-order valence-electron chi connectivity index (χ2n) is 4.66. The van der Waals surface area contributed by atoms with Crippen molar-refractivity contribution in [3.05, 3.63) is 71.0 Å². The van der Waals surface area contributed by atoms with E-state index in [0.29, 0.717) is 12.1 Å². The Labute approximate surface area is 112 Å². The summed E-state index contributed by atoms with van der Waals surface area (Å²) in [5, 5.41) is 0. The van der Waals surface area contributed by atoms with Gasteiger partial charge in [0, 0.05) is 19.2 Å². The summed E-state index contributed by atoms with van der Waals surface area (Å²) in [5.74, 6) is -0.349. The number of halogens is 1. The van der Waals surface area contributed by atoms with Crippen molar-refractivity contribution in [1.29, 1.82) is 0 Å². The summed E-state index contributed by atoms with van der Waals surface area (Å²) in [6.07, 6.45) is 0. The molecule has 0 radical (unpaired) electrons. The van der Waals surface area contributed by atoms with Crippen molar-refractivity contribution in [3.8, 4) is 0 Å². The number of carbonyl (C=O) groups is 1. The van der Waals surface area contributed by atoms with Gasteiger partial charge in [0.2, 0.25) is 0 Å². The van der Waals surface area contributed by atoms with Crippen LogP contribution in [0.3, 0.4) is 0 Å². The minimum absolute atomic E-state index is 0.0655. The van der Waals surface area contributed by atoms with Crippen LogP contribution in [-0.2, 0) is 6.54 Å². The first-order valence-electron chi connectivity index (χ1n) is 6.13. The molecule has 0 saturated heterocycles. The van der Waals surface area contributed by atoms with E-state index >= 15 is 0 Å². The van der Waals surface area contributed by atoms with Gasteiger partial charge in [0.05, 0.1) is 0 Å². The van der Waals surface area contributed by atoms with Gasteiger partial charge in [0.15, 0.2) is 0 Å². The highest BCUT2D eigenvalue weighted by molar-refractivity contribution is 5.94. The molecule has 98 valence electrons. The highest BCUT2D eigenvalue weighted by Crippen LogP contribution is 2.10. The highest BCUT2D eigenvalue weighted by atomic mass is 19.1. The molecular formula is C16H16FNO. The Morgan fingerprint density at radius 2 is 1.84 bits per heavy atom. The molecule has 0 fully saturated rings. The summed E-state index contributed by atoms with van der Waals surface area (Å²) in [6.45, 7) is 2.37. The van der Waals surface area contributed by atoms with E-state index in [-0.39, 0.29) is 11.7 Å². The van der Waals surface area contributed by atoms with Crippen molar-refractivity contribution >= 4 is 5.91 Å². The van der Waals surface area contributed by atoms with Gasteiger partial charge < -0.3 is 4.90 Å². The van der Waals surface area contributed by atoms with E-state index in [1.807, 2.05) is 25.1 Å². The van der Waals surface area contributed by atoms with Crippen LogP contribution in [-0.4, -0.2) is 17.9 Å². The third kappa shape index (κ3) is 3.41. The minimum atomic E-state index is -0.284. The number of amides is 1. The van der Waals surface area contributed by atoms with Crippen LogP contribution < -0.4 is 0 Å². The number of carbonyl (C=O) groups excluding carboxylic acids is 1. The second-order valence-corrected chi connectivity index (χ2v) is 4.66. The van der Waals surface area contributed by atoms with E-state index in [4.69, 9.17) is 0 Å². The number of benzene rings is 2. The fourth-order valence-corrected chi connectivity index (χ4v) is 1.90. The lowest BCUT2D eigenvalue weighted by atomic mass is 10.1. The standard InChI is InChI=1S/C16H16FNO/c1-12-6-8-14(9-7-12)16(19)18(2)11-13-4-3-5-15(17)10-13/h3-10H,11H2,1-2H3. The first-order valence-corrected chi connectivity index (χ1v) is 6.13. The predicted octanol–water partition coefficient (Wildman–Crippen LogP) is 3.41. The van der Waals surface area contributed by atoms with Crippen LogP contribution >= 0.6 is 0 Å². The summed E-state index contributed by atoms with van der Waals surface area (Å²) in [4.78, 5) is 13.8. The Kier molecular flexibility index (Phi) is 3.95. The van der Waals surface area contributed by atoms with Crippen LogP contribution in [0.15, 0.2) is 48.5 Å². The quantitative estimate of drug-likeness (QED) is 0.825.